The first-order valence-corrected chi connectivity index (χ1v) is 8.14. The molecular formula is C12H18N4O7Se. The number of esters is 1. The third-order valence-electron chi connectivity index (χ3n) is 3.27. The fourth-order valence-corrected chi connectivity index (χ4v) is 2.27. The molecule has 1 aliphatic heterocycles. The zero-order chi connectivity index (χ0) is 18.8. The molecule has 1 aliphatic rings. The fourth-order valence-electron chi connectivity index (χ4n) is 1.95. The molecular weight excluding hydrogens is 391 g/mol. The summed E-state index contributed by atoms with van der Waals surface area (Å²) in [5.41, 5.74) is 6.15. The van der Waals surface area contributed by atoms with Crippen molar-refractivity contribution in [3.05, 3.63) is 22.7 Å². The number of aromatic nitrogens is 2. The Hall–Kier alpha value is -1.53. The van der Waals surface area contributed by atoms with Crippen LogP contribution in [0.5, 0.6) is 0 Å². The van der Waals surface area contributed by atoms with Gasteiger partial charge in [-0.15, -0.1) is 0 Å². The molecule has 12 heteroatoms. The number of hydrogen-bond donors (Lipinski definition) is 5. The fraction of sp³-hybridized carbons (Fsp3) is 0.583. The molecule has 134 valence electrons. The number of hydrogen-bond acceptors (Lipinski definition) is 10. The van der Waals surface area contributed by atoms with E-state index in [1.165, 1.54) is 0 Å². The van der Waals surface area contributed by atoms with Crippen molar-refractivity contribution in [2.45, 2.75) is 35.9 Å². The quantitative estimate of drug-likeness (QED) is 0.183. The number of nitrogens with two attached hydrogens (primary N) is 1. The molecule has 0 amide bonds. The van der Waals surface area contributed by atoms with Crippen LogP contribution in [0.15, 0.2) is 17.1 Å². The zero-order valence-corrected chi connectivity index (χ0v) is 14.1. The molecule has 1 aromatic heterocycles. The molecule has 6 N–H and O–H groups in total. The predicted molar refractivity (Wildman–Crippen MR) is 80.7 cm³/mol. The van der Waals surface area contributed by atoms with Crippen molar-refractivity contribution in [3.63, 3.8) is 0 Å². The van der Waals surface area contributed by atoms with Crippen molar-refractivity contribution in [1.82, 2.24) is 9.55 Å². The average molecular weight is 410 g/mol. The molecule has 1 saturated heterocycles. The summed E-state index contributed by atoms with van der Waals surface area (Å²) in [5.74, 6) is -0.902. The molecule has 11 nitrogen and oxygen atoms in total. The minimum absolute atomic E-state index is 0.171. The first kappa shape index (κ1) is 17.3. The summed E-state index contributed by atoms with van der Waals surface area (Å²) in [6, 6.07) is 0.293. The Kier molecular flexibility index (Phi) is 5.79. The Morgan fingerprint density at radius 2 is 2.33 bits per heavy atom. The van der Waals surface area contributed by atoms with E-state index in [1.807, 2.05) is 0 Å². The van der Waals surface area contributed by atoms with Crippen LogP contribution in [-0.2, 0) is 14.3 Å². The molecule has 24 heavy (non-hydrogen) atoms. The van der Waals surface area contributed by atoms with Gasteiger partial charge in [0.25, 0.3) is 0 Å². The third-order valence-corrected chi connectivity index (χ3v) is 4.10. The van der Waals surface area contributed by atoms with Crippen molar-refractivity contribution in [3.8, 4) is 0 Å². The summed E-state index contributed by atoms with van der Waals surface area (Å²) in [5, 5.41) is 29.2. The SMILES string of the molecule is [2H][C@@]1(n2ccc(NO)nc2=O)O[C@H](COC(=O)[C@H](N)C[SeH])[C@@H](O)[C@H]1O. The van der Waals surface area contributed by atoms with E-state index in [0.717, 1.165) is 12.3 Å². The van der Waals surface area contributed by atoms with Crippen LogP contribution in [0.4, 0.5) is 5.82 Å². The molecule has 0 unspecified atom stereocenters. The number of ether oxygens (including phenoxy) is 2. The van der Waals surface area contributed by atoms with Gasteiger partial charge in [-0.2, -0.15) is 0 Å². The molecule has 5 atom stereocenters. The number of aliphatic hydroxyl groups excluding tert-OH is 2. The normalized spacial score (nSPS) is 31.4. The Bertz CT molecular complexity index is 692. The van der Waals surface area contributed by atoms with Crippen LogP contribution in [0.25, 0.3) is 0 Å². The van der Waals surface area contributed by atoms with E-state index in [1.54, 1.807) is 5.48 Å². The molecule has 0 bridgehead atoms. The molecule has 2 heterocycles. The molecule has 0 spiro atoms. The summed E-state index contributed by atoms with van der Waals surface area (Å²) in [7, 11) is 0. The Morgan fingerprint density at radius 1 is 1.62 bits per heavy atom. The van der Waals surface area contributed by atoms with Crippen LogP contribution < -0.4 is 16.9 Å². The molecule has 1 fully saturated rings. The van der Waals surface area contributed by atoms with Gasteiger partial charge in [0.2, 0.25) is 0 Å². The van der Waals surface area contributed by atoms with Crippen LogP contribution in [0.1, 0.15) is 7.57 Å². The number of nitrogens with zero attached hydrogens (tertiary/aromatic N) is 2. The molecule has 1 aromatic rings. The topological polar surface area (TPSA) is 169 Å². The van der Waals surface area contributed by atoms with Gasteiger partial charge in [0.05, 0.1) is 0 Å². The van der Waals surface area contributed by atoms with E-state index in [2.05, 4.69) is 21.0 Å². The van der Waals surface area contributed by atoms with E-state index in [9.17, 15) is 19.8 Å². The molecule has 0 aromatic carbocycles. The van der Waals surface area contributed by atoms with Crippen molar-refractivity contribution in [2.24, 2.45) is 5.73 Å². The first-order valence-electron chi connectivity index (χ1n) is 7.32. The number of anilines is 1. The number of aliphatic hydroxyl groups is 2. The molecule has 0 radical (unpaired) electrons. The van der Waals surface area contributed by atoms with Crippen molar-refractivity contribution in [2.75, 3.05) is 12.1 Å². The van der Waals surface area contributed by atoms with Gasteiger partial charge in [0, 0.05) is 0 Å². The Morgan fingerprint density at radius 3 is 2.92 bits per heavy atom. The molecule has 2 rings (SSSR count). The van der Waals surface area contributed by atoms with E-state index in [-0.39, 0.29) is 11.1 Å². The average Bonchev–Trinajstić information content (AvgIpc) is 2.83. The maximum atomic E-state index is 11.9. The summed E-state index contributed by atoms with van der Waals surface area (Å²) in [6.07, 6.45) is -6.01. The second kappa shape index (κ2) is 8.03. The van der Waals surface area contributed by atoms with Gasteiger partial charge in [-0.1, -0.05) is 0 Å². The van der Waals surface area contributed by atoms with Crippen molar-refractivity contribution in [1.29, 1.82) is 0 Å². The van der Waals surface area contributed by atoms with Gasteiger partial charge in [0.1, 0.15) is 0 Å². The second-order valence-electron chi connectivity index (χ2n) is 4.93. The van der Waals surface area contributed by atoms with Crippen LogP contribution in [0, 0.1) is 0 Å². The van der Waals surface area contributed by atoms with E-state index in [0.29, 0.717) is 4.57 Å². The third kappa shape index (κ3) is 3.92. The maximum absolute atomic E-state index is 11.9. The van der Waals surface area contributed by atoms with Gasteiger partial charge in [-0.25, -0.2) is 0 Å². The number of rotatable bonds is 6. The summed E-state index contributed by atoms with van der Waals surface area (Å²) >= 11 is 2.13. The van der Waals surface area contributed by atoms with Crippen molar-refractivity contribution >= 4 is 27.8 Å². The zero-order valence-electron chi connectivity index (χ0n) is 13.3. The summed E-state index contributed by atoms with van der Waals surface area (Å²) < 4.78 is 19.0. The number of carbonyl (C=O) groups excluding carboxylic acids is 1. The van der Waals surface area contributed by atoms with Crippen molar-refractivity contribution < 1.29 is 31.1 Å². The predicted octanol–water partition coefficient (Wildman–Crippen LogP) is -3.15. The first-order chi connectivity index (χ1) is 11.7. The second-order valence-corrected chi connectivity index (χ2v) is 5.69. The Labute approximate surface area is 145 Å². The van der Waals surface area contributed by atoms with Gasteiger partial charge >= 0.3 is 134 Å². The van der Waals surface area contributed by atoms with Crippen LogP contribution in [0.2, 0.25) is 5.32 Å². The molecule has 0 saturated carbocycles. The van der Waals surface area contributed by atoms with Gasteiger partial charge in [-0.05, 0) is 0 Å². The standard InChI is InChI=1S/C12H18N4O7Se/c13-5(4-24)11(19)22-3-6-8(17)9(18)10(23-6)16-2-1-7(15-21)14-12(16)20/h1-2,5-6,8-10,17-18,21,24H,3-4,13H2,(H,14,15,20)/t5-,6-,8-,9-,10-/m1/s1/i10D. The van der Waals surface area contributed by atoms with E-state index < -0.39 is 48.8 Å². The van der Waals surface area contributed by atoms with Crippen LogP contribution >= 0.6 is 0 Å². The summed E-state index contributed by atoms with van der Waals surface area (Å²) in [4.78, 5) is 26.9. The number of nitrogens with one attached hydrogen (secondary N) is 1. The Balaban J connectivity index is 2.18. The minimum atomic E-state index is -2.39. The van der Waals surface area contributed by atoms with E-state index >= 15 is 0 Å². The van der Waals surface area contributed by atoms with Crippen LogP contribution in [0.3, 0.4) is 0 Å². The van der Waals surface area contributed by atoms with Gasteiger partial charge < -0.3 is 0 Å². The van der Waals surface area contributed by atoms with Gasteiger partial charge in [0.15, 0.2) is 0 Å². The number of carbonyl (C=O) groups is 1. The van der Waals surface area contributed by atoms with Crippen LogP contribution in [-0.4, -0.2) is 77.9 Å². The summed E-state index contributed by atoms with van der Waals surface area (Å²) in [6.45, 7) is -0.461. The monoisotopic (exact) mass is 411 g/mol. The molecule has 0 aliphatic carbocycles. The van der Waals surface area contributed by atoms with Gasteiger partial charge in [-0.3, -0.25) is 10.7 Å². The van der Waals surface area contributed by atoms with E-state index in [4.69, 9.17) is 21.8 Å².